The summed E-state index contributed by atoms with van der Waals surface area (Å²) in [6.07, 6.45) is 3.31. The van der Waals surface area contributed by atoms with Gasteiger partial charge in [-0.25, -0.2) is 19.2 Å². The van der Waals surface area contributed by atoms with Gasteiger partial charge in [0.2, 0.25) is 5.88 Å². The molecule has 158 valence electrons. The molecule has 3 aromatic rings. The molecule has 0 unspecified atom stereocenters. The molecule has 0 fully saturated rings. The van der Waals surface area contributed by atoms with E-state index in [1.165, 1.54) is 12.3 Å². The molecule has 8 nitrogen and oxygen atoms in total. The van der Waals surface area contributed by atoms with Gasteiger partial charge < -0.3 is 15.4 Å². The van der Waals surface area contributed by atoms with Crippen LogP contribution >= 0.6 is 0 Å². The van der Waals surface area contributed by atoms with Crippen LogP contribution in [0.1, 0.15) is 18.9 Å². The van der Waals surface area contributed by atoms with Gasteiger partial charge in [-0.2, -0.15) is 5.26 Å². The zero-order chi connectivity index (χ0) is 22.0. The standard InChI is InChI=1S/C22H21FN6O2/c1-12(3-4-24)28-22(30)29-19-9-14-7-16(18(23)8-15(14)10-26-19)17-11-27-21-20(13(17)2)25-5-6-31-21/h7-12,25H,3,5-6H2,1-2H3,(H2,26,28,29,30)/t12-/m0/s1. The highest BCUT2D eigenvalue weighted by Crippen LogP contribution is 2.37. The number of benzene rings is 1. The summed E-state index contributed by atoms with van der Waals surface area (Å²) < 4.78 is 20.5. The lowest BCUT2D eigenvalue weighted by molar-refractivity contribution is 0.249. The van der Waals surface area contributed by atoms with E-state index in [2.05, 4.69) is 25.9 Å². The Balaban J connectivity index is 1.66. The second-order valence-corrected chi connectivity index (χ2v) is 7.36. The highest BCUT2D eigenvalue weighted by atomic mass is 19.1. The molecule has 9 heteroatoms. The van der Waals surface area contributed by atoms with E-state index in [1.807, 2.05) is 13.0 Å². The number of nitrogens with one attached hydrogen (secondary N) is 3. The molecular formula is C22H21FN6O2. The molecule has 1 atom stereocenters. The number of hydrogen-bond acceptors (Lipinski definition) is 6. The Bertz CT molecular complexity index is 1210. The predicted octanol–water partition coefficient (Wildman–Crippen LogP) is 3.97. The molecular weight excluding hydrogens is 399 g/mol. The van der Waals surface area contributed by atoms with Crippen LogP contribution in [0.3, 0.4) is 0 Å². The number of pyridine rings is 2. The number of carbonyl (C=O) groups excluding carboxylic acids is 1. The predicted molar refractivity (Wildman–Crippen MR) is 116 cm³/mol. The van der Waals surface area contributed by atoms with Crippen molar-refractivity contribution < 1.29 is 13.9 Å². The minimum absolute atomic E-state index is 0.204. The number of hydrogen-bond donors (Lipinski definition) is 3. The number of rotatable bonds is 4. The maximum atomic E-state index is 14.9. The van der Waals surface area contributed by atoms with E-state index < -0.39 is 6.03 Å². The van der Waals surface area contributed by atoms with E-state index in [0.717, 1.165) is 11.3 Å². The van der Waals surface area contributed by atoms with E-state index in [1.54, 1.807) is 25.3 Å². The monoisotopic (exact) mass is 420 g/mol. The van der Waals surface area contributed by atoms with Crippen molar-refractivity contribution in [1.82, 2.24) is 15.3 Å². The fraction of sp³-hybridized carbons (Fsp3) is 0.273. The van der Waals surface area contributed by atoms with E-state index in [4.69, 9.17) is 10.00 Å². The number of halogens is 1. The molecule has 0 saturated heterocycles. The van der Waals surface area contributed by atoms with E-state index in [0.29, 0.717) is 46.7 Å². The molecule has 3 N–H and O–H groups in total. The Morgan fingerprint density at radius 2 is 2.13 bits per heavy atom. The van der Waals surface area contributed by atoms with E-state index >= 15 is 0 Å². The third-order valence-electron chi connectivity index (χ3n) is 5.06. The molecule has 1 aliphatic heterocycles. The molecule has 3 heterocycles. The second kappa shape index (κ2) is 8.44. The van der Waals surface area contributed by atoms with Gasteiger partial charge in [0.15, 0.2) is 0 Å². The maximum absolute atomic E-state index is 14.9. The first-order valence-corrected chi connectivity index (χ1v) is 9.86. The van der Waals surface area contributed by atoms with Gasteiger partial charge in [0, 0.05) is 41.5 Å². The Kier molecular flexibility index (Phi) is 5.54. The summed E-state index contributed by atoms with van der Waals surface area (Å²) in [6.45, 7) is 4.83. The van der Waals surface area contributed by atoms with Crippen LogP contribution in [0.15, 0.2) is 30.6 Å². The summed E-state index contributed by atoms with van der Waals surface area (Å²) in [5.74, 6) is 0.447. The van der Waals surface area contributed by atoms with Crippen LogP contribution in [0.25, 0.3) is 21.9 Å². The zero-order valence-corrected chi connectivity index (χ0v) is 17.1. The molecule has 0 spiro atoms. The number of fused-ring (bicyclic) bond motifs is 2. The number of nitriles is 1. The smallest absolute Gasteiger partial charge is 0.320 e. The summed E-state index contributed by atoms with van der Waals surface area (Å²) in [4.78, 5) is 20.6. The lowest BCUT2D eigenvalue weighted by atomic mass is 9.98. The summed E-state index contributed by atoms with van der Waals surface area (Å²) >= 11 is 0. The van der Waals surface area contributed by atoms with Crippen molar-refractivity contribution in [3.63, 3.8) is 0 Å². The van der Waals surface area contributed by atoms with Gasteiger partial charge in [-0.3, -0.25) is 5.32 Å². The van der Waals surface area contributed by atoms with Crippen molar-refractivity contribution in [2.75, 3.05) is 23.8 Å². The lowest BCUT2D eigenvalue weighted by Gasteiger charge is -2.21. The van der Waals surface area contributed by atoms with Gasteiger partial charge in [0.25, 0.3) is 0 Å². The van der Waals surface area contributed by atoms with Crippen molar-refractivity contribution >= 4 is 28.3 Å². The van der Waals surface area contributed by atoms with Crippen LogP contribution in [0.5, 0.6) is 5.88 Å². The quantitative estimate of drug-likeness (QED) is 0.589. The van der Waals surface area contributed by atoms with Gasteiger partial charge in [0.1, 0.15) is 23.9 Å². The highest BCUT2D eigenvalue weighted by molar-refractivity contribution is 5.94. The molecule has 0 aliphatic carbocycles. The van der Waals surface area contributed by atoms with Gasteiger partial charge in [-0.05, 0) is 43.0 Å². The molecule has 1 aromatic carbocycles. The first kappa shape index (κ1) is 20.3. The number of urea groups is 1. The van der Waals surface area contributed by atoms with Crippen LogP contribution in [0, 0.1) is 24.1 Å². The second-order valence-electron chi connectivity index (χ2n) is 7.36. The Morgan fingerprint density at radius 3 is 2.94 bits per heavy atom. The molecule has 0 bridgehead atoms. The fourth-order valence-corrected chi connectivity index (χ4v) is 3.50. The summed E-state index contributed by atoms with van der Waals surface area (Å²) in [7, 11) is 0. The average molecular weight is 420 g/mol. The summed E-state index contributed by atoms with van der Waals surface area (Å²) in [5.41, 5.74) is 2.67. The van der Waals surface area contributed by atoms with Crippen molar-refractivity contribution in [1.29, 1.82) is 5.26 Å². The number of ether oxygens (including phenoxy) is 1. The number of nitrogens with zero attached hydrogens (tertiary/aromatic N) is 3. The van der Waals surface area contributed by atoms with Crippen molar-refractivity contribution in [3.8, 4) is 23.1 Å². The largest absolute Gasteiger partial charge is 0.474 e. The topological polar surface area (TPSA) is 112 Å². The van der Waals surface area contributed by atoms with Crippen molar-refractivity contribution in [2.24, 2.45) is 0 Å². The zero-order valence-electron chi connectivity index (χ0n) is 17.1. The van der Waals surface area contributed by atoms with E-state index in [9.17, 15) is 9.18 Å². The third-order valence-corrected chi connectivity index (χ3v) is 5.06. The minimum atomic E-state index is -0.460. The normalized spacial score (nSPS) is 13.4. The number of amides is 2. The van der Waals surface area contributed by atoms with Crippen LogP contribution in [0.4, 0.5) is 20.7 Å². The van der Waals surface area contributed by atoms with Crippen molar-refractivity contribution in [2.45, 2.75) is 26.3 Å². The van der Waals surface area contributed by atoms with Crippen molar-refractivity contribution in [3.05, 3.63) is 42.0 Å². The molecule has 2 aromatic heterocycles. The number of carbonyl (C=O) groups is 1. The molecule has 2 amide bonds. The SMILES string of the molecule is Cc1c(-c2cc3cc(NC(=O)N[C@@H](C)CC#N)ncc3cc2F)cnc2c1NCCO2. The molecule has 31 heavy (non-hydrogen) atoms. The molecule has 0 radical (unpaired) electrons. The maximum Gasteiger partial charge on any atom is 0.320 e. The molecule has 4 rings (SSSR count). The van der Waals surface area contributed by atoms with Crippen LogP contribution in [-0.4, -0.2) is 35.2 Å². The van der Waals surface area contributed by atoms with Crippen LogP contribution < -0.4 is 20.7 Å². The first-order valence-electron chi connectivity index (χ1n) is 9.86. The number of aromatic nitrogens is 2. The van der Waals surface area contributed by atoms with Crippen LogP contribution in [-0.2, 0) is 0 Å². The first-order chi connectivity index (χ1) is 15.0. The molecule has 1 aliphatic rings. The fourth-order valence-electron chi connectivity index (χ4n) is 3.50. The Labute approximate surface area is 178 Å². The van der Waals surface area contributed by atoms with E-state index in [-0.39, 0.29) is 18.3 Å². The van der Waals surface area contributed by atoms with Gasteiger partial charge in [0.05, 0.1) is 12.5 Å². The summed E-state index contributed by atoms with van der Waals surface area (Å²) in [5, 5.41) is 18.6. The van der Waals surface area contributed by atoms with Gasteiger partial charge in [-0.15, -0.1) is 0 Å². The summed E-state index contributed by atoms with van der Waals surface area (Å²) in [6, 6.07) is 6.06. The minimum Gasteiger partial charge on any atom is -0.474 e. The third kappa shape index (κ3) is 4.19. The Morgan fingerprint density at radius 1 is 1.29 bits per heavy atom. The van der Waals surface area contributed by atoms with Crippen LogP contribution in [0.2, 0.25) is 0 Å². The Hall–Kier alpha value is -3.93. The van der Waals surface area contributed by atoms with Gasteiger partial charge >= 0.3 is 6.03 Å². The van der Waals surface area contributed by atoms with Gasteiger partial charge in [-0.1, -0.05) is 0 Å². The highest BCUT2D eigenvalue weighted by Gasteiger charge is 2.19. The lowest BCUT2D eigenvalue weighted by Crippen LogP contribution is -2.36. The average Bonchev–Trinajstić information content (AvgIpc) is 2.74. The number of anilines is 2. The molecule has 0 saturated carbocycles.